The lowest BCUT2D eigenvalue weighted by Crippen LogP contribution is -2.49. The number of carbonyl (C=O) groups is 2. The summed E-state index contributed by atoms with van der Waals surface area (Å²) in [6.45, 7) is 4.94. The van der Waals surface area contributed by atoms with Crippen molar-refractivity contribution >= 4 is 44.2 Å². The minimum atomic E-state index is -0.0841. The number of allylic oxidation sites excluding steroid dienone is 2. The first kappa shape index (κ1) is 20.6. The van der Waals surface area contributed by atoms with Crippen LogP contribution < -0.4 is 4.90 Å². The van der Waals surface area contributed by atoms with E-state index in [9.17, 15) is 9.59 Å². The number of carbonyl (C=O) groups excluding carboxylic acids is 2. The maximum atomic E-state index is 12.9. The molecule has 1 saturated carbocycles. The maximum absolute atomic E-state index is 12.9. The molecule has 2 saturated heterocycles. The van der Waals surface area contributed by atoms with Crippen LogP contribution in [0.1, 0.15) is 6.42 Å². The molecule has 4 unspecified atom stereocenters. The molecule has 8 heteroatoms. The van der Waals surface area contributed by atoms with Crippen molar-refractivity contribution in [1.29, 1.82) is 0 Å². The Morgan fingerprint density at radius 2 is 1.59 bits per heavy atom. The average Bonchev–Trinajstić information content (AvgIpc) is 3.59. The number of benzene rings is 1. The topological polar surface area (TPSA) is 56.8 Å². The highest BCUT2D eigenvalue weighted by Gasteiger charge is 2.59. The monoisotopic (exact) mass is 512 g/mol. The Kier molecular flexibility index (Phi) is 5.19. The molecule has 4 aliphatic rings. The zero-order chi connectivity index (χ0) is 21.8. The summed E-state index contributed by atoms with van der Waals surface area (Å²) in [6, 6.07) is 8.24. The van der Waals surface area contributed by atoms with Gasteiger partial charge in [-0.3, -0.25) is 19.4 Å². The van der Waals surface area contributed by atoms with Gasteiger partial charge in [-0.1, -0.05) is 40.2 Å². The zero-order valence-corrected chi connectivity index (χ0v) is 20.1. The number of piperazine rings is 1. The first-order valence-electron chi connectivity index (χ1n) is 11.3. The van der Waals surface area contributed by atoms with Crippen molar-refractivity contribution in [3.05, 3.63) is 46.3 Å². The quantitative estimate of drug-likeness (QED) is 0.453. The Bertz CT molecular complexity index is 1050. The Labute approximate surface area is 200 Å². The van der Waals surface area contributed by atoms with Crippen molar-refractivity contribution in [1.82, 2.24) is 14.8 Å². The standard InChI is InChI=1S/C24H25BrN4O2S/c25-18-5-3-15(4-6-18)19-14-32-24(26-19)28-10-7-27(8-11-28)9-12-29-22(30)20-16-1-2-17(13-16)21(20)23(29)31/h1-6,14,16-17,20-21H,7-13H2. The molecule has 2 amide bonds. The predicted octanol–water partition coefficient (Wildman–Crippen LogP) is 3.50. The maximum Gasteiger partial charge on any atom is 0.233 e. The molecule has 3 heterocycles. The van der Waals surface area contributed by atoms with Gasteiger partial charge in [0, 0.05) is 54.7 Å². The molecular formula is C24H25BrN4O2S. The van der Waals surface area contributed by atoms with Crippen LogP contribution in [0.15, 0.2) is 46.3 Å². The largest absolute Gasteiger partial charge is 0.346 e. The van der Waals surface area contributed by atoms with E-state index in [1.54, 1.807) is 16.2 Å². The molecule has 0 N–H and O–H groups in total. The second-order valence-electron chi connectivity index (χ2n) is 9.18. The number of amides is 2. The van der Waals surface area contributed by atoms with Gasteiger partial charge >= 0.3 is 0 Å². The molecule has 2 aromatic rings. The van der Waals surface area contributed by atoms with E-state index in [0.29, 0.717) is 6.54 Å². The van der Waals surface area contributed by atoms with E-state index < -0.39 is 0 Å². The van der Waals surface area contributed by atoms with Crippen molar-refractivity contribution in [3.8, 4) is 11.3 Å². The van der Waals surface area contributed by atoms with Crippen molar-refractivity contribution in [2.24, 2.45) is 23.7 Å². The zero-order valence-electron chi connectivity index (χ0n) is 17.7. The van der Waals surface area contributed by atoms with E-state index in [2.05, 4.69) is 55.4 Å². The fourth-order valence-electron chi connectivity index (χ4n) is 5.75. The third kappa shape index (κ3) is 3.43. The molecule has 3 fully saturated rings. The van der Waals surface area contributed by atoms with Crippen molar-refractivity contribution in [3.63, 3.8) is 0 Å². The minimum absolute atomic E-state index is 0.0683. The van der Waals surface area contributed by atoms with Gasteiger partial charge in [0.25, 0.3) is 0 Å². The average molecular weight is 513 g/mol. The van der Waals surface area contributed by atoms with Crippen LogP contribution in [-0.2, 0) is 9.59 Å². The molecular weight excluding hydrogens is 488 g/mol. The van der Waals surface area contributed by atoms with Gasteiger partial charge in [-0.25, -0.2) is 4.98 Å². The second-order valence-corrected chi connectivity index (χ2v) is 10.9. The van der Waals surface area contributed by atoms with Gasteiger partial charge in [-0.15, -0.1) is 11.3 Å². The Morgan fingerprint density at radius 1 is 0.938 bits per heavy atom. The third-order valence-corrected chi connectivity index (χ3v) is 8.91. The van der Waals surface area contributed by atoms with Gasteiger partial charge < -0.3 is 4.90 Å². The van der Waals surface area contributed by atoms with Crippen LogP contribution in [0.25, 0.3) is 11.3 Å². The number of thiazole rings is 1. The number of anilines is 1. The van der Waals surface area contributed by atoms with Crippen LogP contribution >= 0.6 is 27.3 Å². The van der Waals surface area contributed by atoms with Crippen LogP contribution in [-0.4, -0.2) is 65.9 Å². The molecule has 0 radical (unpaired) electrons. The third-order valence-electron chi connectivity index (χ3n) is 7.48. The lowest BCUT2D eigenvalue weighted by molar-refractivity contribution is -0.140. The van der Waals surface area contributed by atoms with E-state index >= 15 is 0 Å². The molecule has 32 heavy (non-hydrogen) atoms. The number of aromatic nitrogens is 1. The van der Waals surface area contributed by atoms with Crippen LogP contribution in [0.5, 0.6) is 0 Å². The highest BCUT2D eigenvalue weighted by atomic mass is 79.9. The summed E-state index contributed by atoms with van der Waals surface area (Å²) in [5.41, 5.74) is 2.14. The fourth-order valence-corrected chi connectivity index (χ4v) is 6.90. The number of likely N-dealkylation sites (tertiary alicyclic amines) is 1. The lowest BCUT2D eigenvalue weighted by atomic mass is 9.85. The first-order valence-corrected chi connectivity index (χ1v) is 13.0. The smallest absolute Gasteiger partial charge is 0.233 e. The van der Waals surface area contributed by atoms with Crippen LogP contribution in [0, 0.1) is 23.7 Å². The number of nitrogens with zero attached hydrogens (tertiary/aromatic N) is 4. The van der Waals surface area contributed by atoms with E-state index in [1.807, 2.05) is 12.1 Å². The number of halogens is 1. The van der Waals surface area contributed by atoms with Crippen molar-refractivity contribution < 1.29 is 9.59 Å². The van der Waals surface area contributed by atoms with Gasteiger partial charge in [0.05, 0.1) is 17.5 Å². The van der Waals surface area contributed by atoms with Crippen molar-refractivity contribution in [2.45, 2.75) is 6.42 Å². The highest BCUT2D eigenvalue weighted by molar-refractivity contribution is 9.10. The summed E-state index contributed by atoms with van der Waals surface area (Å²) in [6.07, 6.45) is 5.30. The summed E-state index contributed by atoms with van der Waals surface area (Å²) < 4.78 is 1.07. The summed E-state index contributed by atoms with van der Waals surface area (Å²) in [7, 11) is 0. The normalized spacial score (nSPS) is 29.4. The first-order chi connectivity index (χ1) is 15.6. The van der Waals surface area contributed by atoms with Crippen LogP contribution in [0.4, 0.5) is 5.13 Å². The molecule has 1 aromatic carbocycles. The molecule has 2 aliphatic heterocycles. The lowest BCUT2D eigenvalue weighted by Gasteiger charge is -2.35. The Balaban J connectivity index is 1.03. The van der Waals surface area contributed by atoms with Gasteiger partial charge in [-0.05, 0) is 30.4 Å². The van der Waals surface area contributed by atoms with E-state index in [4.69, 9.17) is 4.98 Å². The molecule has 6 rings (SSSR count). The van der Waals surface area contributed by atoms with E-state index in [1.165, 1.54) is 0 Å². The predicted molar refractivity (Wildman–Crippen MR) is 128 cm³/mol. The van der Waals surface area contributed by atoms with Gasteiger partial charge in [0.2, 0.25) is 11.8 Å². The van der Waals surface area contributed by atoms with Crippen LogP contribution in [0.3, 0.4) is 0 Å². The van der Waals surface area contributed by atoms with Crippen molar-refractivity contribution in [2.75, 3.05) is 44.2 Å². The number of imide groups is 1. The summed E-state index contributed by atoms with van der Waals surface area (Å²) in [5.74, 6) is 0.544. The van der Waals surface area contributed by atoms with Gasteiger partial charge in [-0.2, -0.15) is 0 Å². The Hall–Kier alpha value is -2.03. The molecule has 1 aromatic heterocycles. The van der Waals surface area contributed by atoms with Gasteiger partial charge in [0.15, 0.2) is 5.13 Å². The van der Waals surface area contributed by atoms with E-state index in [0.717, 1.165) is 60.0 Å². The molecule has 4 atom stereocenters. The number of hydrogen-bond donors (Lipinski definition) is 0. The number of hydrogen-bond acceptors (Lipinski definition) is 6. The summed E-state index contributed by atoms with van der Waals surface area (Å²) >= 11 is 5.17. The molecule has 0 spiro atoms. The SMILES string of the molecule is O=C1C2C3C=CC(C3)C2C(=O)N1CCN1CCN(c2nc(-c3ccc(Br)cc3)cs2)CC1. The highest BCUT2D eigenvalue weighted by Crippen LogP contribution is 2.52. The molecule has 6 nitrogen and oxygen atoms in total. The minimum Gasteiger partial charge on any atom is -0.346 e. The van der Waals surface area contributed by atoms with Gasteiger partial charge in [0.1, 0.15) is 0 Å². The summed E-state index contributed by atoms with van der Waals surface area (Å²) in [4.78, 5) is 36.8. The Morgan fingerprint density at radius 3 is 2.25 bits per heavy atom. The number of fused-ring (bicyclic) bond motifs is 5. The van der Waals surface area contributed by atoms with E-state index in [-0.39, 0.29) is 35.5 Å². The molecule has 2 aliphatic carbocycles. The molecule has 2 bridgehead atoms. The van der Waals surface area contributed by atoms with Crippen LogP contribution in [0.2, 0.25) is 0 Å². The summed E-state index contributed by atoms with van der Waals surface area (Å²) in [5, 5.41) is 3.18. The second kappa shape index (κ2) is 8.08. The number of rotatable bonds is 5. The molecule has 166 valence electrons. The fraction of sp³-hybridized carbons (Fsp3) is 0.458.